The highest BCUT2D eigenvalue weighted by Gasteiger charge is 2.31. The molecule has 2 N–H and O–H groups in total. The minimum absolute atomic E-state index is 0.000512. The Kier molecular flexibility index (Phi) is 5.56. The van der Waals surface area contributed by atoms with Crippen molar-refractivity contribution < 1.29 is 0 Å². The van der Waals surface area contributed by atoms with Gasteiger partial charge < -0.3 is 15.5 Å². The van der Waals surface area contributed by atoms with Crippen molar-refractivity contribution in [3.63, 3.8) is 0 Å². The molecular formula is C37H28N4. The van der Waals surface area contributed by atoms with Crippen LogP contribution in [0.25, 0.3) is 10.8 Å². The summed E-state index contributed by atoms with van der Waals surface area (Å²) in [5.41, 5.74) is 10.2. The van der Waals surface area contributed by atoms with Gasteiger partial charge in [0.15, 0.2) is 0 Å². The maximum atomic E-state index is 5.27. The van der Waals surface area contributed by atoms with Crippen molar-refractivity contribution in [2.75, 3.05) is 15.5 Å². The van der Waals surface area contributed by atoms with Gasteiger partial charge in [0.2, 0.25) is 0 Å². The van der Waals surface area contributed by atoms with Crippen LogP contribution in [0, 0.1) is 0 Å². The van der Waals surface area contributed by atoms with Crippen LogP contribution in [-0.2, 0) is 0 Å². The van der Waals surface area contributed by atoms with Gasteiger partial charge in [-0.3, -0.25) is 4.99 Å². The van der Waals surface area contributed by atoms with Gasteiger partial charge in [0.25, 0.3) is 0 Å². The maximum Gasteiger partial charge on any atom is 0.145 e. The van der Waals surface area contributed by atoms with Gasteiger partial charge in [-0.2, -0.15) is 0 Å². The van der Waals surface area contributed by atoms with Crippen molar-refractivity contribution >= 4 is 39.2 Å². The summed E-state index contributed by atoms with van der Waals surface area (Å²) in [5.74, 6) is 0. The predicted octanol–water partition coefficient (Wildman–Crippen LogP) is 9.06. The van der Waals surface area contributed by atoms with E-state index in [4.69, 9.17) is 4.99 Å². The molecular weight excluding hydrogens is 500 g/mol. The molecule has 0 aromatic heterocycles. The average molecular weight is 529 g/mol. The first kappa shape index (κ1) is 23.5. The quantitative estimate of drug-likeness (QED) is 0.240. The lowest BCUT2D eigenvalue weighted by atomic mass is 9.95. The lowest BCUT2D eigenvalue weighted by Gasteiger charge is -2.28. The van der Waals surface area contributed by atoms with E-state index in [1.54, 1.807) is 0 Å². The monoisotopic (exact) mass is 528 g/mol. The Balaban J connectivity index is 1.15. The SMILES string of the molecule is c1ccc(N2c3ccccc3NC2c2ccc(C3N=C(c4ccc5ccccc5c4)c4ccccc4N3)cc2)cc1. The Bertz CT molecular complexity index is 1910. The zero-order valence-electron chi connectivity index (χ0n) is 22.4. The molecule has 0 spiro atoms. The number of hydrogen-bond acceptors (Lipinski definition) is 4. The molecule has 0 amide bonds. The Labute approximate surface area is 239 Å². The standard InChI is InChI=1S/C37H28N4/c1-2-12-30(13-3-1)41-34-17-9-8-16-33(34)39-37(41)27-21-19-26(20-22-27)36-38-32-15-7-6-14-31(32)35(40-36)29-23-18-25-10-4-5-11-28(25)24-29/h1-24,36-39H. The Hall–Kier alpha value is -5.35. The van der Waals surface area contributed by atoms with Crippen LogP contribution in [0.5, 0.6) is 0 Å². The Morgan fingerprint density at radius 3 is 2.07 bits per heavy atom. The summed E-state index contributed by atoms with van der Waals surface area (Å²) in [6.07, 6.45) is -0.181. The second-order valence-electron chi connectivity index (χ2n) is 10.6. The minimum atomic E-state index is -0.181. The first-order chi connectivity index (χ1) is 20.3. The molecule has 2 aliphatic heterocycles. The lowest BCUT2D eigenvalue weighted by molar-refractivity contribution is 0.810. The van der Waals surface area contributed by atoms with Crippen LogP contribution in [0.4, 0.5) is 22.7 Å². The fourth-order valence-electron chi connectivity index (χ4n) is 6.04. The number of aliphatic imine (C=N–C) groups is 1. The minimum Gasteiger partial charge on any atom is -0.360 e. The number of fused-ring (bicyclic) bond motifs is 3. The van der Waals surface area contributed by atoms with Crippen molar-refractivity contribution in [3.8, 4) is 0 Å². The van der Waals surface area contributed by atoms with E-state index in [1.165, 1.54) is 22.0 Å². The number of benzene rings is 6. The Morgan fingerprint density at radius 2 is 1.22 bits per heavy atom. The number of nitrogens with zero attached hydrogens (tertiary/aromatic N) is 2. The van der Waals surface area contributed by atoms with Crippen LogP contribution in [0.2, 0.25) is 0 Å². The second-order valence-corrected chi connectivity index (χ2v) is 10.6. The van der Waals surface area contributed by atoms with Crippen molar-refractivity contribution in [2.45, 2.75) is 12.3 Å². The molecule has 2 unspecified atom stereocenters. The van der Waals surface area contributed by atoms with Gasteiger partial charge in [-0.15, -0.1) is 0 Å². The smallest absolute Gasteiger partial charge is 0.145 e. The highest BCUT2D eigenvalue weighted by Crippen LogP contribution is 2.46. The molecule has 4 heteroatoms. The molecule has 0 saturated carbocycles. The lowest BCUT2D eigenvalue weighted by Crippen LogP contribution is -2.23. The summed E-state index contributed by atoms with van der Waals surface area (Å²) in [6, 6.07) is 51.5. The van der Waals surface area contributed by atoms with Gasteiger partial charge in [-0.1, -0.05) is 109 Å². The summed E-state index contributed by atoms with van der Waals surface area (Å²) in [7, 11) is 0. The van der Waals surface area contributed by atoms with Gasteiger partial charge in [0.05, 0.1) is 17.1 Å². The van der Waals surface area contributed by atoms with Crippen LogP contribution in [-0.4, -0.2) is 5.71 Å². The molecule has 41 heavy (non-hydrogen) atoms. The molecule has 0 radical (unpaired) electrons. The van der Waals surface area contributed by atoms with Crippen LogP contribution in [0.1, 0.15) is 34.6 Å². The van der Waals surface area contributed by atoms with E-state index in [0.717, 1.165) is 39.5 Å². The van der Waals surface area contributed by atoms with Crippen LogP contribution in [0.3, 0.4) is 0 Å². The van der Waals surface area contributed by atoms with Gasteiger partial charge in [0.1, 0.15) is 12.3 Å². The third-order valence-electron chi connectivity index (χ3n) is 8.07. The molecule has 8 rings (SSSR count). The molecule has 0 aliphatic carbocycles. The van der Waals surface area contributed by atoms with Crippen LogP contribution >= 0.6 is 0 Å². The van der Waals surface area contributed by atoms with Gasteiger partial charge in [-0.05, 0) is 58.3 Å². The summed E-state index contributed by atoms with van der Waals surface area (Å²) < 4.78 is 0. The summed E-state index contributed by atoms with van der Waals surface area (Å²) in [5, 5.41) is 9.87. The van der Waals surface area contributed by atoms with Crippen LogP contribution in [0.15, 0.2) is 151 Å². The van der Waals surface area contributed by atoms with E-state index in [-0.39, 0.29) is 12.3 Å². The topological polar surface area (TPSA) is 39.7 Å². The predicted molar refractivity (Wildman–Crippen MR) is 170 cm³/mol. The molecule has 0 fully saturated rings. The number of anilines is 4. The van der Waals surface area contributed by atoms with E-state index in [9.17, 15) is 0 Å². The van der Waals surface area contributed by atoms with Crippen LogP contribution < -0.4 is 15.5 Å². The number of para-hydroxylation sites is 4. The highest BCUT2D eigenvalue weighted by molar-refractivity contribution is 6.18. The van der Waals surface area contributed by atoms with E-state index in [2.05, 4.69) is 161 Å². The molecule has 0 bridgehead atoms. The largest absolute Gasteiger partial charge is 0.360 e. The van der Waals surface area contributed by atoms with Crippen molar-refractivity contribution in [3.05, 3.63) is 168 Å². The first-order valence-corrected chi connectivity index (χ1v) is 14.0. The third kappa shape index (κ3) is 4.12. The van der Waals surface area contributed by atoms with E-state index < -0.39 is 0 Å². The average Bonchev–Trinajstić information content (AvgIpc) is 3.44. The third-order valence-corrected chi connectivity index (χ3v) is 8.07. The molecule has 0 saturated heterocycles. The molecule has 2 aliphatic rings. The Morgan fingerprint density at radius 1 is 0.537 bits per heavy atom. The normalized spacial score (nSPS) is 17.3. The zero-order valence-corrected chi connectivity index (χ0v) is 22.4. The zero-order chi connectivity index (χ0) is 27.2. The van der Waals surface area contributed by atoms with Crippen molar-refractivity contribution in [2.24, 2.45) is 4.99 Å². The van der Waals surface area contributed by atoms with Gasteiger partial charge in [-0.25, -0.2) is 0 Å². The molecule has 2 atom stereocenters. The van der Waals surface area contributed by atoms with E-state index in [0.29, 0.717) is 0 Å². The highest BCUT2D eigenvalue weighted by atomic mass is 15.3. The first-order valence-electron chi connectivity index (χ1n) is 14.0. The molecule has 196 valence electrons. The fraction of sp³-hybridized carbons (Fsp3) is 0.0541. The molecule has 6 aromatic carbocycles. The van der Waals surface area contributed by atoms with E-state index >= 15 is 0 Å². The van der Waals surface area contributed by atoms with E-state index in [1.807, 2.05) is 0 Å². The second kappa shape index (κ2) is 9.68. The summed E-state index contributed by atoms with van der Waals surface area (Å²) in [6.45, 7) is 0. The number of nitrogens with one attached hydrogen (secondary N) is 2. The molecule has 4 nitrogen and oxygen atoms in total. The summed E-state index contributed by atoms with van der Waals surface area (Å²) in [4.78, 5) is 7.64. The summed E-state index contributed by atoms with van der Waals surface area (Å²) >= 11 is 0. The van der Waals surface area contributed by atoms with Gasteiger partial charge >= 0.3 is 0 Å². The van der Waals surface area contributed by atoms with Gasteiger partial charge in [0, 0.05) is 22.5 Å². The number of rotatable bonds is 4. The molecule has 2 heterocycles. The fourth-order valence-corrected chi connectivity index (χ4v) is 6.04. The van der Waals surface area contributed by atoms with Crippen molar-refractivity contribution in [1.29, 1.82) is 0 Å². The maximum absolute atomic E-state index is 5.27. The number of hydrogen-bond donors (Lipinski definition) is 2. The molecule has 6 aromatic rings. The van der Waals surface area contributed by atoms with Crippen molar-refractivity contribution in [1.82, 2.24) is 0 Å².